The van der Waals surface area contributed by atoms with Crippen LogP contribution in [0.3, 0.4) is 0 Å². The van der Waals surface area contributed by atoms with E-state index in [4.69, 9.17) is 9.90 Å². The zero-order valence-corrected chi connectivity index (χ0v) is 11.7. The minimum Gasteiger partial charge on any atom is -0.475 e. The third-order valence-electron chi connectivity index (χ3n) is 2.54. The fourth-order valence-corrected chi connectivity index (χ4v) is 2.53. The van der Waals surface area contributed by atoms with Gasteiger partial charge in [-0.05, 0) is 13.0 Å². The Balaban J connectivity index is 0.000000270. The second kappa shape index (κ2) is 8.04. The number of hydrogen-bond acceptors (Lipinski definition) is 4. The van der Waals surface area contributed by atoms with E-state index in [9.17, 15) is 18.0 Å². The van der Waals surface area contributed by atoms with Gasteiger partial charge in [0.15, 0.2) is 0 Å². The van der Waals surface area contributed by atoms with Crippen molar-refractivity contribution in [3.63, 3.8) is 0 Å². The summed E-state index contributed by atoms with van der Waals surface area (Å²) in [5.74, 6) is -2.76. The third-order valence-corrected chi connectivity index (χ3v) is 3.73. The van der Waals surface area contributed by atoms with Gasteiger partial charge in [0.1, 0.15) is 0 Å². The number of rotatable bonds is 2. The molecule has 8 heteroatoms. The molecule has 1 aliphatic heterocycles. The maximum atomic E-state index is 11.7. The molecule has 0 aliphatic carbocycles. The number of benzene rings is 1. The number of carbonyl (C=O) groups is 2. The van der Waals surface area contributed by atoms with Crippen molar-refractivity contribution in [3.8, 4) is 0 Å². The Morgan fingerprint density at radius 1 is 1.24 bits per heavy atom. The van der Waals surface area contributed by atoms with E-state index < -0.39 is 12.1 Å². The summed E-state index contributed by atoms with van der Waals surface area (Å²) in [6, 6.07) is 9.48. The molecule has 21 heavy (non-hydrogen) atoms. The van der Waals surface area contributed by atoms with Gasteiger partial charge in [0.2, 0.25) is 5.12 Å². The first kappa shape index (κ1) is 17.5. The third kappa shape index (κ3) is 6.63. The lowest BCUT2D eigenvalue weighted by Crippen LogP contribution is -2.21. The maximum absolute atomic E-state index is 11.7. The molecule has 1 heterocycles. The molecule has 1 atom stereocenters. The molecule has 0 unspecified atom stereocenters. The molecule has 2 rings (SSSR count). The molecular formula is C13H14F3NO3S. The highest BCUT2D eigenvalue weighted by atomic mass is 32.2. The number of carbonyl (C=O) groups excluding carboxylic acids is 1. The van der Waals surface area contributed by atoms with E-state index in [-0.39, 0.29) is 5.12 Å². The van der Waals surface area contributed by atoms with Crippen molar-refractivity contribution in [1.29, 1.82) is 0 Å². The van der Waals surface area contributed by atoms with E-state index in [2.05, 4.69) is 5.32 Å². The van der Waals surface area contributed by atoms with E-state index in [1.165, 1.54) is 11.8 Å². The summed E-state index contributed by atoms with van der Waals surface area (Å²) < 4.78 is 31.7. The van der Waals surface area contributed by atoms with E-state index in [1.54, 1.807) is 0 Å². The first-order chi connectivity index (χ1) is 9.80. The highest BCUT2D eigenvalue weighted by Gasteiger charge is 2.38. The molecule has 1 aromatic carbocycles. The number of hydrogen-bond donors (Lipinski definition) is 2. The fourth-order valence-electron chi connectivity index (χ4n) is 1.52. The zero-order chi connectivity index (χ0) is 15.9. The molecule has 1 aliphatic rings. The SMILES string of the molecule is O=C(O)C(F)(F)F.O=C(S[C@H]1CCNC1)c1ccccc1. The van der Waals surface area contributed by atoms with Crippen LogP contribution in [0.1, 0.15) is 16.8 Å². The quantitative estimate of drug-likeness (QED) is 0.876. The lowest BCUT2D eigenvalue weighted by molar-refractivity contribution is -0.192. The van der Waals surface area contributed by atoms with Crippen LogP contribution >= 0.6 is 11.8 Å². The molecule has 0 spiro atoms. The van der Waals surface area contributed by atoms with Gasteiger partial charge in [-0.15, -0.1) is 0 Å². The zero-order valence-electron chi connectivity index (χ0n) is 10.9. The first-order valence-electron chi connectivity index (χ1n) is 6.07. The highest BCUT2D eigenvalue weighted by molar-refractivity contribution is 8.14. The predicted octanol–water partition coefficient (Wildman–Crippen LogP) is 2.56. The standard InChI is InChI=1S/C11H13NOS.C2HF3O2/c13-11(9-4-2-1-3-5-9)14-10-6-7-12-8-10;3-2(4,5)1(6)7/h1-5,10,12H,6-8H2;(H,6,7)/t10-;/m0./s1. The van der Waals surface area contributed by atoms with Crippen LogP contribution in [-0.4, -0.2) is 40.7 Å². The highest BCUT2D eigenvalue weighted by Crippen LogP contribution is 2.21. The summed E-state index contributed by atoms with van der Waals surface area (Å²) in [6.45, 7) is 2.00. The minimum atomic E-state index is -5.08. The first-order valence-corrected chi connectivity index (χ1v) is 6.95. The molecule has 1 aromatic rings. The van der Waals surface area contributed by atoms with Crippen molar-refractivity contribution in [3.05, 3.63) is 35.9 Å². The van der Waals surface area contributed by atoms with Crippen LogP contribution in [0.5, 0.6) is 0 Å². The van der Waals surface area contributed by atoms with Crippen molar-refractivity contribution in [2.75, 3.05) is 13.1 Å². The van der Waals surface area contributed by atoms with Crippen LogP contribution in [0.4, 0.5) is 13.2 Å². The Kier molecular flexibility index (Phi) is 6.70. The molecule has 1 fully saturated rings. The van der Waals surface area contributed by atoms with Gasteiger partial charge in [-0.25, -0.2) is 4.79 Å². The Bertz CT molecular complexity index is 473. The Morgan fingerprint density at radius 2 is 1.81 bits per heavy atom. The van der Waals surface area contributed by atoms with Gasteiger partial charge in [0, 0.05) is 17.4 Å². The average molecular weight is 321 g/mol. The molecule has 0 aromatic heterocycles. The number of carboxylic acids is 1. The Hall–Kier alpha value is -1.54. The number of thioether (sulfide) groups is 1. The summed E-state index contributed by atoms with van der Waals surface area (Å²) in [6.07, 6.45) is -3.98. The van der Waals surface area contributed by atoms with Crippen LogP contribution in [0.15, 0.2) is 30.3 Å². The second-order valence-corrected chi connectivity index (χ2v) is 5.46. The summed E-state index contributed by atoms with van der Waals surface area (Å²) in [7, 11) is 0. The van der Waals surface area contributed by atoms with Gasteiger partial charge < -0.3 is 10.4 Å². The van der Waals surface area contributed by atoms with Crippen LogP contribution in [-0.2, 0) is 4.79 Å². The minimum absolute atomic E-state index is 0.194. The van der Waals surface area contributed by atoms with Crippen LogP contribution in [0.2, 0.25) is 0 Å². The van der Waals surface area contributed by atoms with Crippen LogP contribution in [0, 0.1) is 0 Å². The largest absolute Gasteiger partial charge is 0.490 e. The molecule has 0 bridgehead atoms. The summed E-state index contributed by atoms with van der Waals surface area (Å²) in [4.78, 5) is 20.6. The number of aliphatic carboxylic acids is 1. The van der Waals surface area contributed by atoms with E-state index >= 15 is 0 Å². The molecule has 0 amide bonds. The van der Waals surface area contributed by atoms with Crippen molar-refractivity contribution in [2.24, 2.45) is 0 Å². The van der Waals surface area contributed by atoms with Gasteiger partial charge in [-0.2, -0.15) is 13.2 Å². The summed E-state index contributed by atoms with van der Waals surface area (Å²) in [5, 5.41) is 11.0. The maximum Gasteiger partial charge on any atom is 0.490 e. The molecule has 116 valence electrons. The molecule has 2 N–H and O–H groups in total. The summed E-state index contributed by atoms with van der Waals surface area (Å²) in [5.41, 5.74) is 0.810. The van der Waals surface area contributed by atoms with Gasteiger partial charge in [0.25, 0.3) is 0 Å². The van der Waals surface area contributed by atoms with E-state index in [0.29, 0.717) is 5.25 Å². The van der Waals surface area contributed by atoms with E-state index in [0.717, 1.165) is 25.1 Å². The lowest BCUT2D eigenvalue weighted by atomic mass is 10.2. The summed E-state index contributed by atoms with van der Waals surface area (Å²) >= 11 is 1.46. The smallest absolute Gasteiger partial charge is 0.475 e. The molecule has 4 nitrogen and oxygen atoms in total. The monoisotopic (exact) mass is 321 g/mol. The van der Waals surface area contributed by atoms with Crippen molar-refractivity contribution in [2.45, 2.75) is 17.8 Å². The van der Waals surface area contributed by atoms with E-state index in [1.807, 2.05) is 30.3 Å². The normalized spacial score (nSPS) is 17.8. The predicted molar refractivity (Wildman–Crippen MR) is 73.3 cm³/mol. The van der Waals surface area contributed by atoms with Gasteiger partial charge in [0.05, 0.1) is 0 Å². The second-order valence-electron chi connectivity index (χ2n) is 4.19. The van der Waals surface area contributed by atoms with Gasteiger partial charge >= 0.3 is 12.1 Å². The number of alkyl halides is 3. The van der Waals surface area contributed by atoms with Crippen LogP contribution in [0.25, 0.3) is 0 Å². The van der Waals surface area contributed by atoms with Gasteiger partial charge in [-0.3, -0.25) is 4.79 Å². The number of nitrogens with one attached hydrogen (secondary N) is 1. The number of carboxylic acid groups (broad SMARTS) is 1. The molecular weight excluding hydrogens is 307 g/mol. The molecule has 0 radical (unpaired) electrons. The van der Waals surface area contributed by atoms with Crippen molar-refractivity contribution in [1.82, 2.24) is 5.32 Å². The van der Waals surface area contributed by atoms with Crippen LogP contribution < -0.4 is 5.32 Å². The van der Waals surface area contributed by atoms with Crippen molar-refractivity contribution < 1.29 is 27.9 Å². The Morgan fingerprint density at radius 3 is 2.24 bits per heavy atom. The molecule has 1 saturated heterocycles. The molecule has 0 saturated carbocycles. The lowest BCUT2D eigenvalue weighted by Gasteiger charge is -2.05. The van der Waals surface area contributed by atoms with Crippen molar-refractivity contribution >= 4 is 22.8 Å². The average Bonchev–Trinajstić information content (AvgIpc) is 2.92. The van der Waals surface area contributed by atoms with Gasteiger partial charge in [-0.1, -0.05) is 42.1 Å². The Labute approximate surface area is 123 Å². The fraction of sp³-hybridized carbons (Fsp3) is 0.385. The topological polar surface area (TPSA) is 66.4 Å². The number of halogens is 3.